The quantitative estimate of drug-likeness (QED) is 0.146. The highest BCUT2D eigenvalue weighted by Crippen LogP contribution is 2.48. The van der Waals surface area contributed by atoms with Crippen LogP contribution < -0.4 is 0 Å². The summed E-state index contributed by atoms with van der Waals surface area (Å²) in [5, 5.41) is 18.3. The van der Waals surface area contributed by atoms with E-state index in [0.717, 1.165) is 0 Å². The molecule has 1 fully saturated rings. The Labute approximate surface area is 197 Å². The average molecular weight is 556 g/mol. The minimum atomic E-state index is -6.02. The summed E-state index contributed by atoms with van der Waals surface area (Å²) in [5.41, 5.74) is -9.98. The average Bonchev–Trinajstić information content (AvgIpc) is 3.32. The molecular weight excluding hydrogens is 532 g/mol. The Morgan fingerprint density at radius 2 is 1.03 bits per heavy atom. The lowest BCUT2D eigenvalue weighted by Crippen LogP contribution is -2.56. The van der Waals surface area contributed by atoms with Gasteiger partial charge in [0.15, 0.2) is 6.29 Å². The molecule has 0 radical (unpaired) electrons. The van der Waals surface area contributed by atoms with Crippen molar-refractivity contribution in [1.82, 2.24) is 0 Å². The molecule has 0 heterocycles. The topological polar surface area (TPSA) is 58.9 Å². The van der Waals surface area contributed by atoms with Crippen molar-refractivity contribution in [2.45, 2.75) is 80.7 Å². The summed E-state index contributed by atoms with van der Waals surface area (Å²) in [5.74, 6) is -0.603. The van der Waals surface area contributed by atoms with Gasteiger partial charge in [-0.15, -0.1) is 0 Å². The fourth-order valence-electron chi connectivity index (χ4n) is 4.37. The number of hydrogen-bond donors (Lipinski definition) is 2. The van der Waals surface area contributed by atoms with E-state index in [1.165, 1.54) is 0 Å². The van der Waals surface area contributed by atoms with Crippen LogP contribution in [0.3, 0.4) is 0 Å². The Balaban J connectivity index is 1.99. The summed E-state index contributed by atoms with van der Waals surface area (Å²) in [4.78, 5) is 0. The van der Waals surface area contributed by atoms with E-state index >= 15 is 0 Å². The Morgan fingerprint density at radius 3 is 1.31 bits per heavy atom. The van der Waals surface area contributed by atoms with Gasteiger partial charge in [0.25, 0.3) is 11.2 Å². The van der Waals surface area contributed by atoms with Crippen LogP contribution in [0.15, 0.2) is 12.2 Å². The summed E-state index contributed by atoms with van der Waals surface area (Å²) < 4.78 is 164. The molecule has 2 N–H and O–H groups in total. The zero-order chi connectivity index (χ0) is 27.8. The summed E-state index contributed by atoms with van der Waals surface area (Å²) in [6, 6.07) is 0. The maximum atomic E-state index is 12.8. The number of ether oxygens (including phenoxy) is 2. The van der Waals surface area contributed by atoms with Gasteiger partial charge < -0.3 is 19.7 Å². The van der Waals surface area contributed by atoms with Gasteiger partial charge in [0.05, 0.1) is 0 Å². The fraction of sp³-hybridized carbons (Fsp3) is 0.900. The van der Waals surface area contributed by atoms with Crippen LogP contribution in [0.1, 0.15) is 38.5 Å². The van der Waals surface area contributed by atoms with Crippen LogP contribution in [0.2, 0.25) is 0 Å². The lowest BCUT2D eigenvalue weighted by Gasteiger charge is -2.33. The van der Waals surface area contributed by atoms with E-state index in [2.05, 4.69) is 0 Å². The molecule has 36 heavy (non-hydrogen) atoms. The highest BCUT2D eigenvalue weighted by Gasteiger charge is 2.70. The van der Waals surface area contributed by atoms with E-state index in [0.29, 0.717) is 12.8 Å². The van der Waals surface area contributed by atoms with Crippen LogP contribution in [-0.2, 0) is 9.47 Å². The molecule has 16 heteroatoms. The summed E-state index contributed by atoms with van der Waals surface area (Å²) >= 11 is 0. The van der Waals surface area contributed by atoms with Crippen LogP contribution in [-0.4, -0.2) is 65.6 Å². The van der Waals surface area contributed by atoms with Gasteiger partial charge in [-0.1, -0.05) is 12.2 Å². The Bertz CT molecular complexity index is 682. The number of aliphatic hydroxyl groups is 2. The van der Waals surface area contributed by atoms with Gasteiger partial charge in [0, 0.05) is 19.1 Å². The molecule has 1 saturated carbocycles. The standard InChI is InChI=1S/C20H24F12O4/c21-17(22,23)15(33,18(24,25)26)5-1-7-35-14(13-10-11-3-4-12(13)9-11)36-8-2-6-16(34,19(27,28)29)20(30,31)32/h3-4,11-14,33-34H,1-2,5-10H2. The lowest BCUT2D eigenvalue weighted by molar-refractivity contribution is -0.370. The fourth-order valence-corrected chi connectivity index (χ4v) is 4.37. The summed E-state index contributed by atoms with van der Waals surface area (Å²) in [6.45, 7) is -1.54. The predicted octanol–water partition coefficient (Wildman–Crippen LogP) is 5.83. The molecule has 2 bridgehead atoms. The number of halogens is 12. The smallest absolute Gasteiger partial charge is 0.374 e. The molecule has 0 aromatic heterocycles. The zero-order valence-corrected chi connectivity index (χ0v) is 18.4. The van der Waals surface area contributed by atoms with Crippen molar-refractivity contribution in [3.05, 3.63) is 12.2 Å². The molecule has 3 atom stereocenters. The van der Waals surface area contributed by atoms with Gasteiger partial charge in [0.1, 0.15) is 0 Å². The van der Waals surface area contributed by atoms with E-state index in [9.17, 15) is 62.9 Å². The molecular formula is C20H24F12O4. The first-order chi connectivity index (χ1) is 16.1. The third-order valence-electron chi connectivity index (χ3n) is 6.49. The zero-order valence-electron chi connectivity index (χ0n) is 18.4. The van der Waals surface area contributed by atoms with E-state index in [4.69, 9.17) is 9.47 Å². The first-order valence-electron chi connectivity index (χ1n) is 10.8. The van der Waals surface area contributed by atoms with Crippen molar-refractivity contribution in [2.75, 3.05) is 13.2 Å². The summed E-state index contributed by atoms with van der Waals surface area (Å²) in [6.07, 6.45) is -26.3. The molecule has 3 unspecified atom stereocenters. The minimum absolute atomic E-state index is 0.0656. The highest BCUT2D eigenvalue weighted by molar-refractivity contribution is 5.10. The van der Waals surface area contributed by atoms with E-state index in [-0.39, 0.29) is 11.8 Å². The molecule has 0 spiro atoms. The van der Waals surface area contributed by atoms with E-state index in [1.54, 1.807) is 6.08 Å². The SMILES string of the molecule is OC(CCCOC(OCCCC(O)(C(F)(F)F)C(F)(F)F)C1CC2C=CC1C2)(C(F)(F)F)C(F)(F)F. The van der Waals surface area contributed by atoms with Gasteiger partial charge in [-0.05, 0) is 50.4 Å². The van der Waals surface area contributed by atoms with Crippen molar-refractivity contribution in [2.24, 2.45) is 17.8 Å². The van der Waals surface area contributed by atoms with E-state index in [1.807, 2.05) is 6.08 Å². The lowest BCUT2D eigenvalue weighted by atomic mass is 9.92. The van der Waals surface area contributed by atoms with Crippen LogP contribution in [0.5, 0.6) is 0 Å². The minimum Gasteiger partial charge on any atom is -0.374 e. The van der Waals surface area contributed by atoms with Crippen LogP contribution in [0.4, 0.5) is 52.7 Å². The van der Waals surface area contributed by atoms with E-state index < -0.39 is 87.0 Å². The van der Waals surface area contributed by atoms with Crippen molar-refractivity contribution < 1.29 is 72.4 Å². The second kappa shape index (κ2) is 10.5. The van der Waals surface area contributed by atoms with Gasteiger partial charge in [0.2, 0.25) is 0 Å². The molecule has 4 nitrogen and oxygen atoms in total. The van der Waals surface area contributed by atoms with Crippen LogP contribution >= 0.6 is 0 Å². The molecule has 2 rings (SSSR count). The first-order valence-corrected chi connectivity index (χ1v) is 10.8. The maximum Gasteiger partial charge on any atom is 0.426 e. The largest absolute Gasteiger partial charge is 0.426 e. The second-order valence-corrected chi connectivity index (χ2v) is 8.97. The van der Waals surface area contributed by atoms with Crippen LogP contribution in [0, 0.1) is 17.8 Å². The number of alkyl halides is 12. The maximum absolute atomic E-state index is 12.8. The molecule has 2 aliphatic rings. The van der Waals surface area contributed by atoms with Crippen LogP contribution in [0.25, 0.3) is 0 Å². The van der Waals surface area contributed by atoms with Gasteiger partial charge in [-0.2, -0.15) is 52.7 Å². The Kier molecular flexibility index (Phi) is 9.01. The third kappa shape index (κ3) is 6.41. The number of hydrogen-bond acceptors (Lipinski definition) is 4. The van der Waals surface area contributed by atoms with Crippen molar-refractivity contribution in [3.8, 4) is 0 Å². The first kappa shape index (κ1) is 31.0. The van der Waals surface area contributed by atoms with Crippen molar-refractivity contribution in [1.29, 1.82) is 0 Å². The Morgan fingerprint density at radius 1 is 0.639 bits per heavy atom. The highest BCUT2D eigenvalue weighted by atomic mass is 19.4. The molecule has 0 saturated heterocycles. The van der Waals surface area contributed by atoms with Gasteiger partial charge in [-0.25, -0.2) is 0 Å². The Hall–Kier alpha value is -1.26. The van der Waals surface area contributed by atoms with Crippen molar-refractivity contribution >= 4 is 0 Å². The monoisotopic (exact) mass is 556 g/mol. The predicted molar refractivity (Wildman–Crippen MR) is 97.1 cm³/mol. The van der Waals surface area contributed by atoms with Gasteiger partial charge >= 0.3 is 24.7 Å². The third-order valence-corrected chi connectivity index (χ3v) is 6.49. The van der Waals surface area contributed by atoms with Gasteiger partial charge in [-0.3, -0.25) is 0 Å². The van der Waals surface area contributed by atoms with Crippen molar-refractivity contribution in [3.63, 3.8) is 0 Å². The number of allylic oxidation sites excluding steroid dienone is 2. The second-order valence-electron chi connectivity index (χ2n) is 8.97. The molecule has 0 aromatic rings. The molecule has 0 aliphatic heterocycles. The molecule has 212 valence electrons. The normalized spacial score (nSPS) is 23.8. The molecule has 0 amide bonds. The number of fused-ring (bicyclic) bond motifs is 2. The molecule has 2 aliphatic carbocycles. The summed E-state index contributed by atoms with van der Waals surface area (Å²) in [7, 11) is 0. The molecule has 0 aromatic carbocycles. The number of rotatable bonds is 11.